The summed E-state index contributed by atoms with van der Waals surface area (Å²) in [4.78, 5) is 28.9. The molecule has 0 saturated heterocycles. The summed E-state index contributed by atoms with van der Waals surface area (Å²) in [6, 6.07) is 0. The quantitative estimate of drug-likeness (QED) is 0.245. The molecule has 1 unspecified atom stereocenters. The zero-order chi connectivity index (χ0) is 25.3. The van der Waals surface area contributed by atoms with Crippen molar-refractivity contribution in [3.63, 3.8) is 0 Å². The van der Waals surface area contributed by atoms with E-state index in [-0.39, 0.29) is 41.5 Å². The molecule has 3 fully saturated rings. The first-order valence-corrected chi connectivity index (χ1v) is 14.5. The van der Waals surface area contributed by atoms with E-state index in [0.29, 0.717) is 24.4 Å². The highest BCUT2D eigenvalue weighted by molar-refractivity contribution is 7.99. The zero-order valence-electron chi connectivity index (χ0n) is 22.7. The predicted octanol–water partition coefficient (Wildman–Crippen LogP) is 5.39. The smallest absolute Gasteiger partial charge is 0.316 e. The van der Waals surface area contributed by atoms with Crippen LogP contribution in [0, 0.1) is 34.0 Å². The van der Waals surface area contributed by atoms with E-state index in [2.05, 4.69) is 46.1 Å². The van der Waals surface area contributed by atoms with Crippen LogP contribution in [0.1, 0.15) is 73.6 Å². The Labute approximate surface area is 223 Å². The average Bonchev–Trinajstić information content (AvgIpc) is 3.17. The number of thioether (sulfide) groups is 1. The maximum atomic E-state index is 13.4. The number of carbonyl (C=O) groups excluding carboxylic acids is 2. The Hall–Kier alpha value is -0.560. The minimum atomic E-state index is -0.624. The zero-order valence-corrected chi connectivity index (χ0v) is 24.3. The molecule has 35 heavy (non-hydrogen) atoms. The molecule has 2 bridgehead atoms. The molecular weight excluding hydrogens is 482 g/mol. The first-order chi connectivity index (χ1) is 16.0. The lowest BCUT2D eigenvalue weighted by Gasteiger charge is -2.61. The van der Waals surface area contributed by atoms with Gasteiger partial charge in [-0.3, -0.25) is 9.59 Å². The monoisotopic (exact) mass is 529 g/mol. The third-order valence-corrected chi connectivity index (χ3v) is 11.2. The number of halogens is 1. The number of aliphatic hydroxyl groups is 1. The van der Waals surface area contributed by atoms with Gasteiger partial charge in [-0.2, -0.15) is 0 Å². The highest BCUT2D eigenvalue weighted by Gasteiger charge is 2.68. The number of Topliss-reactive ketones (excluding diaryl/α,β-unsaturated/α-hetero) is 1. The van der Waals surface area contributed by atoms with Crippen LogP contribution in [-0.4, -0.2) is 65.1 Å². The molecule has 0 aromatic heterocycles. The fourth-order valence-corrected chi connectivity index (χ4v) is 8.35. The number of aliphatic hydroxyl groups excluding tert-OH is 1. The number of rotatable bonds is 9. The fourth-order valence-electron chi connectivity index (χ4n) is 7.58. The largest absolute Gasteiger partial charge is 0.461 e. The summed E-state index contributed by atoms with van der Waals surface area (Å²) in [6.45, 7) is 20.0. The molecule has 8 atom stereocenters. The Balaban J connectivity index is 0.00000432. The maximum absolute atomic E-state index is 13.4. The summed E-state index contributed by atoms with van der Waals surface area (Å²) in [5.41, 5.74) is -1.25. The van der Waals surface area contributed by atoms with Gasteiger partial charge in [-0.15, -0.1) is 30.7 Å². The van der Waals surface area contributed by atoms with Crippen molar-refractivity contribution in [1.82, 2.24) is 4.90 Å². The predicted molar refractivity (Wildman–Crippen MR) is 147 cm³/mol. The van der Waals surface area contributed by atoms with E-state index in [1.54, 1.807) is 11.8 Å². The summed E-state index contributed by atoms with van der Waals surface area (Å²) < 4.78 is 6.30. The van der Waals surface area contributed by atoms with Gasteiger partial charge in [0.05, 0.1) is 11.9 Å². The summed E-state index contributed by atoms with van der Waals surface area (Å²) in [7, 11) is 0. The summed E-state index contributed by atoms with van der Waals surface area (Å²) in [6.07, 6.45) is 4.64. The number of ketones is 1. The SMILES string of the molecule is C=C[C@]1(C)C[C@@H](OC(=O)CSCCN(CC)CC)[C@@]2(C)C(C)CC[C@]3(CCC(=O)[C@H]32)[C@@H](C)[C@@H]1O.Cl. The van der Waals surface area contributed by atoms with E-state index >= 15 is 0 Å². The van der Waals surface area contributed by atoms with Crippen molar-refractivity contribution in [2.24, 2.45) is 34.0 Å². The Morgan fingerprint density at radius 3 is 2.51 bits per heavy atom. The fraction of sp³-hybridized carbons (Fsp3) is 0.857. The van der Waals surface area contributed by atoms with Crippen molar-refractivity contribution in [2.45, 2.75) is 85.9 Å². The van der Waals surface area contributed by atoms with Crippen LogP contribution < -0.4 is 0 Å². The molecule has 0 amide bonds. The van der Waals surface area contributed by atoms with Gasteiger partial charge >= 0.3 is 5.97 Å². The Kier molecular flexibility index (Phi) is 10.4. The average molecular weight is 530 g/mol. The molecule has 0 radical (unpaired) electrons. The second kappa shape index (κ2) is 11.9. The molecule has 0 heterocycles. The molecule has 3 saturated carbocycles. The van der Waals surface area contributed by atoms with Crippen LogP contribution in [0.4, 0.5) is 0 Å². The summed E-state index contributed by atoms with van der Waals surface area (Å²) in [5, 5.41) is 11.6. The first kappa shape index (κ1) is 30.7. The Morgan fingerprint density at radius 1 is 1.26 bits per heavy atom. The molecule has 3 rings (SSSR count). The van der Waals surface area contributed by atoms with Crippen molar-refractivity contribution >= 4 is 35.9 Å². The first-order valence-electron chi connectivity index (χ1n) is 13.3. The summed E-state index contributed by atoms with van der Waals surface area (Å²) >= 11 is 1.61. The van der Waals surface area contributed by atoms with Crippen LogP contribution in [0.2, 0.25) is 0 Å². The molecule has 3 aliphatic carbocycles. The van der Waals surface area contributed by atoms with Crippen LogP contribution in [0.5, 0.6) is 0 Å². The molecule has 0 aromatic carbocycles. The van der Waals surface area contributed by atoms with E-state index in [0.717, 1.165) is 44.6 Å². The van der Waals surface area contributed by atoms with Gasteiger partial charge in [-0.05, 0) is 56.0 Å². The third-order valence-electron chi connectivity index (χ3n) is 10.2. The third kappa shape index (κ3) is 5.37. The van der Waals surface area contributed by atoms with Gasteiger partial charge in [0.15, 0.2) is 0 Å². The minimum Gasteiger partial charge on any atom is -0.461 e. The van der Waals surface area contributed by atoms with E-state index in [9.17, 15) is 14.7 Å². The van der Waals surface area contributed by atoms with Crippen molar-refractivity contribution < 1.29 is 19.4 Å². The van der Waals surface area contributed by atoms with Gasteiger partial charge in [-0.25, -0.2) is 0 Å². The molecule has 1 N–H and O–H groups in total. The van der Waals surface area contributed by atoms with Gasteiger partial charge in [0.2, 0.25) is 0 Å². The highest BCUT2D eigenvalue weighted by atomic mass is 35.5. The topological polar surface area (TPSA) is 66.8 Å². The maximum Gasteiger partial charge on any atom is 0.316 e. The minimum absolute atomic E-state index is 0. The molecule has 0 aromatic rings. The number of carbonyl (C=O) groups is 2. The lowest BCUT2D eigenvalue weighted by molar-refractivity contribution is -0.205. The molecule has 3 aliphatic rings. The molecule has 0 spiro atoms. The van der Waals surface area contributed by atoms with E-state index in [1.807, 2.05) is 13.0 Å². The van der Waals surface area contributed by atoms with Crippen LogP contribution in [-0.2, 0) is 14.3 Å². The second-order valence-electron chi connectivity index (χ2n) is 11.6. The molecule has 5 nitrogen and oxygen atoms in total. The van der Waals surface area contributed by atoms with Gasteiger partial charge in [0, 0.05) is 35.5 Å². The van der Waals surface area contributed by atoms with E-state index in [4.69, 9.17) is 4.74 Å². The van der Waals surface area contributed by atoms with Crippen LogP contribution in [0.15, 0.2) is 12.7 Å². The molecule has 0 aliphatic heterocycles. The number of ether oxygens (including phenoxy) is 1. The molecule has 202 valence electrons. The lowest BCUT2D eigenvalue weighted by Crippen LogP contribution is -2.63. The number of nitrogens with zero attached hydrogens (tertiary/aromatic N) is 1. The van der Waals surface area contributed by atoms with E-state index in [1.165, 1.54) is 0 Å². The van der Waals surface area contributed by atoms with Crippen molar-refractivity contribution in [1.29, 1.82) is 0 Å². The van der Waals surface area contributed by atoms with Gasteiger partial charge in [-0.1, -0.05) is 47.6 Å². The van der Waals surface area contributed by atoms with Crippen LogP contribution in [0.3, 0.4) is 0 Å². The Bertz CT molecular complexity index is 776. The number of esters is 1. The van der Waals surface area contributed by atoms with Crippen LogP contribution >= 0.6 is 24.2 Å². The normalized spacial score (nSPS) is 40.9. The number of hydrogen-bond acceptors (Lipinski definition) is 6. The molecular formula is C28H48ClNO4S. The molecule has 7 heteroatoms. The lowest BCUT2D eigenvalue weighted by atomic mass is 9.44. The van der Waals surface area contributed by atoms with Crippen molar-refractivity contribution in [2.75, 3.05) is 31.1 Å². The van der Waals surface area contributed by atoms with Gasteiger partial charge < -0.3 is 14.7 Å². The number of hydrogen-bond donors (Lipinski definition) is 1. The van der Waals surface area contributed by atoms with Crippen LogP contribution in [0.25, 0.3) is 0 Å². The second-order valence-corrected chi connectivity index (χ2v) is 12.7. The standard InChI is InChI=1S/C28H47NO4S.ClH/c1-8-26(6)17-22(33-23(31)18-34-16-15-29(9-2)10-3)27(7)19(4)11-13-28(20(5)25(26)32)14-12-21(30)24(27)28;/h8,19-20,22,24-25,32H,1,9-18H2,2-7H3;1H/t19?,20-,22+,24-,25-,26+,27+,28-;/m0./s1. The van der Waals surface area contributed by atoms with Crippen molar-refractivity contribution in [3.8, 4) is 0 Å². The van der Waals surface area contributed by atoms with Gasteiger partial charge in [0.25, 0.3) is 0 Å². The Morgan fingerprint density at radius 2 is 1.91 bits per heavy atom. The highest BCUT2D eigenvalue weighted by Crippen LogP contribution is 2.67. The van der Waals surface area contributed by atoms with Gasteiger partial charge in [0.1, 0.15) is 11.9 Å². The van der Waals surface area contributed by atoms with E-state index < -0.39 is 23.0 Å². The van der Waals surface area contributed by atoms with Crippen molar-refractivity contribution in [3.05, 3.63) is 12.7 Å². The summed E-state index contributed by atoms with van der Waals surface area (Å²) in [5.74, 6) is 1.37.